The van der Waals surface area contributed by atoms with Crippen molar-refractivity contribution < 1.29 is 44.0 Å². The van der Waals surface area contributed by atoms with Crippen molar-refractivity contribution in [3.05, 3.63) is 44.2 Å². The fourth-order valence-corrected chi connectivity index (χ4v) is 4.24. The Kier molecular flexibility index (Phi) is 17.1. The van der Waals surface area contributed by atoms with Crippen molar-refractivity contribution in [1.29, 1.82) is 0 Å². The molecule has 0 fully saturated rings. The third-order valence-corrected chi connectivity index (χ3v) is 6.15. The van der Waals surface area contributed by atoms with Crippen LogP contribution in [0.2, 0.25) is 9.10 Å². The van der Waals surface area contributed by atoms with E-state index in [1.807, 2.05) is 0 Å². The molecule has 0 spiro atoms. The molecule has 2 rings (SSSR count). The second kappa shape index (κ2) is 14.4. The molecule has 0 nitrogen and oxygen atoms in total. The molecule has 0 aliphatic heterocycles. The van der Waals surface area contributed by atoms with Crippen molar-refractivity contribution in [3.8, 4) is 0 Å². The summed E-state index contributed by atoms with van der Waals surface area (Å²) in [5, 5.41) is 0. The van der Waals surface area contributed by atoms with Crippen LogP contribution < -0.4 is 24.8 Å². The minimum absolute atomic E-state index is 0. The van der Waals surface area contributed by atoms with E-state index in [0.29, 0.717) is 20.4 Å². The largest absolute Gasteiger partial charge is 1.00 e. The predicted molar refractivity (Wildman–Crippen MR) is 70.4 cm³/mol. The van der Waals surface area contributed by atoms with Gasteiger partial charge in [0.1, 0.15) is 0 Å². The van der Waals surface area contributed by atoms with Crippen molar-refractivity contribution in [2.45, 2.75) is 35.8 Å². The quantitative estimate of drug-likeness (QED) is 0.541. The van der Waals surface area contributed by atoms with Crippen molar-refractivity contribution >= 4 is 20.4 Å². The minimum atomic E-state index is 0. The molecular weight excluding hydrogens is 311 g/mol. The van der Waals surface area contributed by atoms with Gasteiger partial charge in [-0.3, -0.25) is 0 Å². The second-order valence-corrected chi connectivity index (χ2v) is 9.23. The fraction of sp³-hybridized carbons (Fsp3) is 0.429. The van der Waals surface area contributed by atoms with Crippen molar-refractivity contribution in [2.75, 3.05) is 0 Å². The zero-order valence-corrected chi connectivity index (χ0v) is 15.7. The molecule has 0 heterocycles. The SMILES string of the molecule is C1=CC[C]([Ti+2][C]2=CC=CC2)=C1.C[CH2][Mg][CH2]C.[Cl-].[Cl-]. The summed E-state index contributed by atoms with van der Waals surface area (Å²) in [6.45, 7) is 4.55. The van der Waals surface area contributed by atoms with E-state index in [2.05, 4.69) is 50.3 Å². The summed E-state index contributed by atoms with van der Waals surface area (Å²) in [5.74, 6) is 0. The van der Waals surface area contributed by atoms with E-state index in [4.69, 9.17) is 0 Å². The maximum absolute atomic E-state index is 2.29. The number of hydrogen-bond acceptors (Lipinski definition) is 0. The molecule has 4 heteroatoms. The average Bonchev–Trinajstić information content (AvgIpc) is 2.94. The maximum Gasteiger partial charge on any atom is 0.363 e. The summed E-state index contributed by atoms with van der Waals surface area (Å²) in [5.41, 5.74) is 0. The van der Waals surface area contributed by atoms with E-state index in [-0.39, 0.29) is 44.0 Å². The summed E-state index contributed by atoms with van der Waals surface area (Å²) < 4.78 is 6.33. The van der Waals surface area contributed by atoms with Crippen LogP contribution in [-0.2, 0) is 19.2 Å². The zero-order valence-electron chi connectivity index (χ0n) is 11.3. The molecule has 0 radical (unpaired) electrons. The van der Waals surface area contributed by atoms with Gasteiger partial charge < -0.3 is 24.8 Å². The van der Waals surface area contributed by atoms with E-state index in [9.17, 15) is 0 Å². The van der Waals surface area contributed by atoms with Crippen molar-refractivity contribution in [1.82, 2.24) is 0 Å². The molecule has 0 aromatic heterocycles. The van der Waals surface area contributed by atoms with Gasteiger partial charge in [0.2, 0.25) is 0 Å². The number of rotatable bonds is 4. The van der Waals surface area contributed by atoms with Gasteiger partial charge in [0, 0.05) is 0 Å². The molecule has 2 aliphatic carbocycles. The van der Waals surface area contributed by atoms with Crippen LogP contribution in [-0.4, -0.2) is 20.4 Å². The van der Waals surface area contributed by atoms with Gasteiger partial charge in [-0.25, -0.2) is 0 Å². The molecule has 2 aliphatic rings. The molecular formula is C14H20Cl2MgTi. The minimum Gasteiger partial charge on any atom is -1.00 e. The smallest absolute Gasteiger partial charge is 0.363 e. The molecule has 96 valence electrons. The Morgan fingerprint density at radius 3 is 1.61 bits per heavy atom. The first-order valence-electron chi connectivity index (χ1n) is 6.35. The van der Waals surface area contributed by atoms with E-state index < -0.39 is 0 Å². The molecule has 0 aromatic carbocycles. The van der Waals surface area contributed by atoms with Gasteiger partial charge >= 0.3 is 96.6 Å². The molecule has 0 N–H and O–H groups in total. The summed E-state index contributed by atoms with van der Waals surface area (Å²) in [6.07, 6.45) is 15.9. The third kappa shape index (κ3) is 9.89. The molecule has 0 saturated heterocycles. The monoisotopic (exact) mass is 330 g/mol. The van der Waals surface area contributed by atoms with Crippen molar-refractivity contribution in [3.63, 3.8) is 0 Å². The first-order valence-corrected chi connectivity index (χ1v) is 9.91. The Bertz CT molecular complexity index is 290. The molecule has 0 aromatic rings. The first-order chi connectivity index (χ1) is 7.86. The van der Waals surface area contributed by atoms with Gasteiger partial charge in [-0.05, 0) is 0 Å². The van der Waals surface area contributed by atoms with E-state index in [1.54, 1.807) is 7.76 Å². The van der Waals surface area contributed by atoms with Gasteiger partial charge in [-0.2, -0.15) is 0 Å². The summed E-state index contributed by atoms with van der Waals surface area (Å²) in [6, 6.07) is 0. The zero-order chi connectivity index (χ0) is 11.6. The fourth-order valence-electron chi connectivity index (χ4n) is 1.64. The van der Waals surface area contributed by atoms with Crippen LogP contribution in [0.4, 0.5) is 0 Å². The topological polar surface area (TPSA) is 0 Å². The van der Waals surface area contributed by atoms with Gasteiger partial charge in [0.05, 0.1) is 0 Å². The van der Waals surface area contributed by atoms with Crippen LogP contribution in [0.1, 0.15) is 26.7 Å². The molecule has 0 atom stereocenters. The van der Waals surface area contributed by atoms with Crippen LogP contribution >= 0.6 is 0 Å². The van der Waals surface area contributed by atoms with E-state index >= 15 is 0 Å². The van der Waals surface area contributed by atoms with Gasteiger partial charge in [0.25, 0.3) is 0 Å². The van der Waals surface area contributed by atoms with Crippen molar-refractivity contribution in [2.24, 2.45) is 0 Å². The van der Waals surface area contributed by atoms with Gasteiger partial charge in [-0.1, -0.05) is 13.8 Å². The predicted octanol–water partition coefficient (Wildman–Crippen LogP) is -1.67. The standard InChI is InChI=1S/2C5H5.2C2H5.2ClH.Mg.Ti/c2*1-2-4-5-3-1;2*1-2;;;;/h2*1-3H,4H2;2*1H2,2H3;2*1H;;/q;;;;;;;+2/p-2. The Morgan fingerprint density at radius 1 is 0.944 bits per heavy atom. The molecule has 18 heavy (non-hydrogen) atoms. The van der Waals surface area contributed by atoms with Gasteiger partial charge in [-0.15, -0.1) is 9.10 Å². The summed E-state index contributed by atoms with van der Waals surface area (Å²) in [4.78, 5) is 0. The Morgan fingerprint density at radius 2 is 1.39 bits per heavy atom. The molecule has 0 amide bonds. The Hall–Kier alpha value is 1.02. The van der Waals surface area contributed by atoms with Crippen LogP contribution in [0.25, 0.3) is 0 Å². The second-order valence-electron chi connectivity index (χ2n) is 4.13. The summed E-state index contributed by atoms with van der Waals surface area (Å²) >= 11 is 0.515. The van der Waals surface area contributed by atoms with Gasteiger partial charge in [0.15, 0.2) is 0 Å². The van der Waals surface area contributed by atoms with Crippen LogP contribution in [0.15, 0.2) is 44.2 Å². The summed E-state index contributed by atoms with van der Waals surface area (Å²) in [7, 11) is 0. The maximum atomic E-state index is 2.29. The van der Waals surface area contributed by atoms with E-state index in [1.165, 1.54) is 21.9 Å². The van der Waals surface area contributed by atoms with Crippen LogP contribution in [0, 0.1) is 0 Å². The molecule has 0 unspecified atom stereocenters. The molecule has 0 bridgehead atoms. The molecule has 0 saturated carbocycles. The van der Waals surface area contributed by atoms with E-state index in [0.717, 1.165) is 0 Å². The Labute approximate surface area is 143 Å². The normalized spacial score (nSPS) is 14.1. The number of halogens is 2. The van der Waals surface area contributed by atoms with Crippen LogP contribution in [0.5, 0.6) is 0 Å². The van der Waals surface area contributed by atoms with Crippen LogP contribution in [0.3, 0.4) is 0 Å². The number of allylic oxidation sites excluding steroid dienone is 8. The Balaban J connectivity index is 0. The number of hydrogen-bond donors (Lipinski definition) is 0. The third-order valence-electron chi connectivity index (χ3n) is 2.57. The average molecular weight is 331 g/mol. The first kappa shape index (κ1) is 21.3.